The molecule has 1 amide bonds. The van der Waals surface area contributed by atoms with Gasteiger partial charge in [0.2, 0.25) is 0 Å². The third kappa shape index (κ3) is 3.91. The van der Waals surface area contributed by atoms with Gasteiger partial charge in [-0.3, -0.25) is 4.79 Å². The zero-order valence-electron chi connectivity index (χ0n) is 11.2. The molecular formula is C14H20ClNO2. The minimum Gasteiger partial charge on any atom is -0.508 e. The van der Waals surface area contributed by atoms with Crippen LogP contribution in [0.25, 0.3) is 0 Å². The van der Waals surface area contributed by atoms with E-state index in [1.807, 2.05) is 0 Å². The van der Waals surface area contributed by atoms with E-state index in [1.54, 1.807) is 0 Å². The van der Waals surface area contributed by atoms with E-state index in [-0.39, 0.29) is 17.1 Å². The van der Waals surface area contributed by atoms with E-state index in [9.17, 15) is 9.90 Å². The summed E-state index contributed by atoms with van der Waals surface area (Å²) < 4.78 is 0. The lowest BCUT2D eigenvalue weighted by molar-refractivity contribution is 0.0937. The second-order valence-electron chi connectivity index (χ2n) is 5.64. The highest BCUT2D eigenvalue weighted by atomic mass is 35.5. The van der Waals surface area contributed by atoms with E-state index in [4.69, 9.17) is 11.6 Å². The fourth-order valence-electron chi connectivity index (χ4n) is 1.33. The summed E-state index contributed by atoms with van der Waals surface area (Å²) >= 11 is 5.92. The molecule has 1 unspecified atom stereocenters. The smallest absolute Gasteiger partial charge is 0.252 e. The Bertz CT molecular complexity index is 438. The van der Waals surface area contributed by atoms with Gasteiger partial charge in [0.15, 0.2) is 0 Å². The third-order valence-corrected chi connectivity index (χ3v) is 3.57. The van der Waals surface area contributed by atoms with Crippen LogP contribution in [0.4, 0.5) is 0 Å². The van der Waals surface area contributed by atoms with Crippen molar-refractivity contribution < 1.29 is 9.90 Å². The highest BCUT2D eigenvalue weighted by Crippen LogP contribution is 2.25. The summed E-state index contributed by atoms with van der Waals surface area (Å²) in [6.45, 7) is 9.06. The molecule has 0 heterocycles. The molecule has 0 aliphatic heterocycles. The zero-order valence-corrected chi connectivity index (χ0v) is 12.0. The Hall–Kier alpha value is -1.22. The highest BCUT2D eigenvalue weighted by Gasteiger charge is 2.21. The van der Waals surface area contributed by atoms with Crippen molar-refractivity contribution in [3.63, 3.8) is 0 Å². The lowest BCUT2D eigenvalue weighted by Crippen LogP contribution is -2.33. The quantitative estimate of drug-likeness (QED) is 0.883. The third-order valence-electron chi connectivity index (χ3n) is 3.24. The first kappa shape index (κ1) is 14.8. The fraction of sp³-hybridized carbons (Fsp3) is 0.500. The van der Waals surface area contributed by atoms with Crippen molar-refractivity contribution in [2.45, 2.75) is 27.7 Å². The predicted octanol–water partition coefficient (Wildman–Crippen LogP) is 3.46. The van der Waals surface area contributed by atoms with Gasteiger partial charge in [0, 0.05) is 6.54 Å². The van der Waals surface area contributed by atoms with E-state index in [2.05, 4.69) is 33.0 Å². The van der Waals surface area contributed by atoms with Crippen molar-refractivity contribution in [2.24, 2.45) is 11.3 Å². The number of halogens is 1. The topological polar surface area (TPSA) is 49.3 Å². The Balaban J connectivity index is 2.69. The number of benzene rings is 1. The molecule has 1 rings (SSSR count). The monoisotopic (exact) mass is 269 g/mol. The minimum absolute atomic E-state index is 0.0356. The molecule has 0 saturated carbocycles. The highest BCUT2D eigenvalue weighted by molar-refractivity contribution is 6.33. The predicted molar refractivity (Wildman–Crippen MR) is 74.1 cm³/mol. The first-order valence-corrected chi connectivity index (χ1v) is 6.36. The maximum Gasteiger partial charge on any atom is 0.252 e. The number of hydrogen-bond donors (Lipinski definition) is 2. The first-order valence-electron chi connectivity index (χ1n) is 5.98. The van der Waals surface area contributed by atoms with Crippen LogP contribution in [0.3, 0.4) is 0 Å². The minimum atomic E-state index is -0.257. The summed E-state index contributed by atoms with van der Waals surface area (Å²) in [6.07, 6.45) is 0. The van der Waals surface area contributed by atoms with Crippen molar-refractivity contribution in [1.29, 1.82) is 0 Å². The van der Waals surface area contributed by atoms with Crippen LogP contribution in [-0.2, 0) is 0 Å². The lowest BCUT2D eigenvalue weighted by Gasteiger charge is -2.27. The van der Waals surface area contributed by atoms with Gasteiger partial charge in [-0.2, -0.15) is 0 Å². The molecule has 0 fully saturated rings. The summed E-state index contributed by atoms with van der Waals surface area (Å²) in [5.74, 6) is 0.123. The standard InChI is InChI=1S/C14H20ClNO2/c1-9(14(2,3)4)8-16-13(18)11-7-10(17)5-6-12(11)15/h5-7,9,17H,8H2,1-4H3,(H,16,18). The van der Waals surface area contributed by atoms with E-state index in [0.717, 1.165) is 0 Å². The summed E-state index contributed by atoms with van der Waals surface area (Å²) in [5, 5.41) is 12.5. The van der Waals surface area contributed by atoms with Crippen LogP contribution in [0.5, 0.6) is 5.75 Å². The Morgan fingerprint density at radius 1 is 1.44 bits per heavy atom. The van der Waals surface area contributed by atoms with Crippen molar-refractivity contribution in [1.82, 2.24) is 5.32 Å². The van der Waals surface area contributed by atoms with E-state index >= 15 is 0 Å². The fourth-order valence-corrected chi connectivity index (χ4v) is 1.54. The second-order valence-corrected chi connectivity index (χ2v) is 6.05. The Morgan fingerprint density at radius 3 is 2.61 bits per heavy atom. The molecule has 0 aliphatic rings. The van der Waals surface area contributed by atoms with Gasteiger partial charge < -0.3 is 10.4 Å². The van der Waals surface area contributed by atoms with Gasteiger partial charge in [-0.05, 0) is 29.5 Å². The molecule has 0 aromatic heterocycles. The second kappa shape index (κ2) is 5.61. The summed E-state index contributed by atoms with van der Waals surface area (Å²) in [7, 11) is 0. The molecule has 1 aromatic rings. The van der Waals surface area contributed by atoms with E-state index in [0.29, 0.717) is 23.0 Å². The van der Waals surface area contributed by atoms with Crippen molar-refractivity contribution in [3.8, 4) is 5.75 Å². The number of rotatable bonds is 3. The molecule has 0 radical (unpaired) electrons. The summed E-state index contributed by atoms with van der Waals surface area (Å²) in [4.78, 5) is 11.9. The van der Waals surface area contributed by atoms with Crippen LogP contribution in [0.15, 0.2) is 18.2 Å². The summed E-state index contributed by atoms with van der Waals surface area (Å²) in [6, 6.07) is 4.34. The van der Waals surface area contributed by atoms with Gasteiger partial charge in [0.05, 0.1) is 10.6 Å². The lowest BCUT2D eigenvalue weighted by atomic mass is 9.82. The molecule has 1 aromatic carbocycles. The molecule has 3 nitrogen and oxygen atoms in total. The molecule has 4 heteroatoms. The number of phenols is 1. The van der Waals surface area contributed by atoms with Crippen molar-refractivity contribution >= 4 is 17.5 Å². The maximum atomic E-state index is 11.9. The molecule has 100 valence electrons. The zero-order chi connectivity index (χ0) is 13.9. The van der Waals surface area contributed by atoms with Crippen LogP contribution in [0, 0.1) is 11.3 Å². The molecule has 0 spiro atoms. The van der Waals surface area contributed by atoms with Crippen LogP contribution < -0.4 is 5.32 Å². The number of amides is 1. The average molecular weight is 270 g/mol. The number of phenolic OH excluding ortho intramolecular Hbond substituents is 1. The number of nitrogens with one attached hydrogen (secondary N) is 1. The van der Waals surface area contributed by atoms with Gasteiger partial charge in [-0.25, -0.2) is 0 Å². The Kier molecular flexibility index (Phi) is 4.63. The molecule has 18 heavy (non-hydrogen) atoms. The molecule has 0 saturated heterocycles. The SMILES string of the molecule is CC(CNC(=O)c1cc(O)ccc1Cl)C(C)(C)C. The van der Waals surface area contributed by atoms with Crippen LogP contribution in [0.1, 0.15) is 38.1 Å². The van der Waals surface area contributed by atoms with Gasteiger partial charge in [-0.1, -0.05) is 39.3 Å². The number of carbonyl (C=O) groups excluding carboxylic acids is 1. The van der Waals surface area contributed by atoms with Crippen molar-refractivity contribution in [2.75, 3.05) is 6.54 Å². The summed E-state index contributed by atoms with van der Waals surface area (Å²) in [5.41, 5.74) is 0.438. The normalized spacial score (nSPS) is 13.2. The molecule has 0 bridgehead atoms. The number of aromatic hydroxyl groups is 1. The molecule has 0 aliphatic carbocycles. The first-order chi connectivity index (χ1) is 8.21. The van der Waals surface area contributed by atoms with Gasteiger partial charge in [0.25, 0.3) is 5.91 Å². The van der Waals surface area contributed by atoms with E-state index < -0.39 is 0 Å². The molecule has 1 atom stereocenters. The van der Waals surface area contributed by atoms with Crippen molar-refractivity contribution in [3.05, 3.63) is 28.8 Å². The average Bonchev–Trinajstić information content (AvgIpc) is 2.27. The van der Waals surface area contributed by atoms with Gasteiger partial charge >= 0.3 is 0 Å². The van der Waals surface area contributed by atoms with Gasteiger partial charge in [-0.15, -0.1) is 0 Å². The van der Waals surface area contributed by atoms with E-state index in [1.165, 1.54) is 18.2 Å². The van der Waals surface area contributed by atoms with Gasteiger partial charge in [0.1, 0.15) is 5.75 Å². The maximum absolute atomic E-state index is 11.9. The number of carbonyl (C=O) groups is 1. The largest absolute Gasteiger partial charge is 0.508 e. The molecule has 2 N–H and O–H groups in total. The number of hydrogen-bond acceptors (Lipinski definition) is 2. The van der Waals surface area contributed by atoms with Crippen LogP contribution in [0.2, 0.25) is 5.02 Å². The Morgan fingerprint density at radius 2 is 2.06 bits per heavy atom. The van der Waals surface area contributed by atoms with Crippen LogP contribution >= 0.6 is 11.6 Å². The molecular weight excluding hydrogens is 250 g/mol. The van der Waals surface area contributed by atoms with Crippen LogP contribution in [-0.4, -0.2) is 17.6 Å². The Labute approximate surface area is 113 Å².